The van der Waals surface area contributed by atoms with Crippen molar-refractivity contribution in [2.75, 3.05) is 0 Å². The highest BCUT2D eigenvalue weighted by molar-refractivity contribution is 7.11. The fourth-order valence-electron chi connectivity index (χ4n) is 2.08. The number of rotatable bonds is 7. The van der Waals surface area contributed by atoms with Crippen LogP contribution in [-0.2, 0) is 13.0 Å². The van der Waals surface area contributed by atoms with E-state index in [0.717, 1.165) is 41.4 Å². The van der Waals surface area contributed by atoms with Gasteiger partial charge in [0.15, 0.2) is 0 Å². The van der Waals surface area contributed by atoms with Gasteiger partial charge in [0, 0.05) is 18.1 Å². The van der Waals surface area contributed by atoms with Gasteiger partial charge in [0.25, 0.3) is 11.1 Å². The van der Waals surface area contributed by atoms with E-state index in [4.69, 9.17) is 4.74 Å². The summed E-state index contributed by atoms with van der Waals surface area (Å²) < 4.78 is 9.48. The van der Waals surface area contributed by atoms with Crippen LogP contribution in [0.15, 0.2) is 35.8 Å². The molecule has 0 atom stereocenters. The molecule has 0 radical (unpaired) electrons. The lowest BCUT2D eigenvalue weighted by Gasteiger charge is -2.06. The summed E-state index contributed by atoms with van der Waals surface area (Å²) >= 11 is 2.58. The van der Waals surface area contributed by atoms with Gasteiger partial charge in [0.05, 0.1) is 5.69 Å². The molecule has 0 aliphatic heterocycles. The highest BCUT2D eigenvalue weighted by Crippen LogP contribution is 2.23. The number of hydrogen-bond acceptors (Lipinski definition) is 7. The Hall–Kier alpha value is -2.32. The molecule has 3 rings (SSSR count). The topological polar surface area (TPSA) is 77.0 Å². The molecular formula is C16H16N4O2S2. The minimum atomic E-state index is -0.128. The summed E-state index contributed by atoms with van der Waals surface area (Å²) in [6.45, 7) is 2.50. The van der Waals surface area contributed by atoms with Crippen LogP contribution < -0.4 is 10.1 Å². The van der Waals surface area contributed by atoms with Crippen LogP contribution in [0.4, 0.5) is 0 Å². The largest absolute Gasteiger partial charge is 0.431 e. The first-order valence-corrected chi connectivity index (χ1v) is 9.17. The van der Waals surface area contributed by atoms with Crippen molar-refractivity contribution in [3.63, 3.8) is 0 Å². The fraction of sp³-hybridized carbons (Fsp3) is 0.250. The van der Waals surface area contributed by atoms with Gasteiger partial charge in [0.2, 0.25) is 0 Å². The van der Waals surface area contributed by atoms with E-state index in [2.05, 4.69) is 26.8 Å². The third-order valence-corrected chi connectivity index (χ3v) is 4.66. The summed E-state index contributed by atoms with van der Waals surface area (Å²) in [7, 11) is 0. The Morgan fingerprint density at radius 2 is 2.12 bits per heavy atom. The Morgan fingerprint density at radius 3 is 2.83 bits per heavy atom. The van der Waals surface area contributed by atoms with Crippen molar-refractivity contribution in [2.24, 2.45) is 0 Å². The molecule has 0 aliphatic rings. The number of carbonyl (C=O) groups is 1. The van der Waals surface area contributed by atoms with Crippen LogP contribution in [0.3, 0.4) is 0 Å². The van der Waals surface area contributed by atoms with Gasteiger partial charge in [0.1, 0.15) is 10.6 Å². The summed E-state index contributed by atoms with van der Waals surface area (Å²) in [6.07, 6.45) is 3.40. The van der Waals surface area contributed by atoms with Crippen molar-refractivity contribution in [1.29, 1.82) is 0 Å². The van der Waals surface area contributed by atoms with E-state index >= 15 is 0 Å². The number of aromatic nitrogens is 3. The van der Waals surface area contributed by atoms with Gasteiger partial charge < -0.3 is 10.1 Å². The highest BCUT2D eigenvalue weighted by atomic mass is 32.1. The van der Waals surface area contributed by atoms with Crippen LogP contribution >= 0.6 is 22.9 Å². The monoisotopic (exact) mass is 360 g/mol. The zero-order valence-corrected chi connectivity index (χ0v) is 14.7. The molecule has 2 heterocycles. The van der Waals surface area contributed by atoms with Crippen molar-refractivity contribution < 1.29 is 9.53 Å². The molecule has 1 N–H and O–H groups in total. The maximum atomic E-state index is 12.2. The Balaban J connectivity index is 1.56. The second-order valence-electron chi connectivity index (χ2n) is 5.03. The number of hydrogen-bond donors (Lipinski definition) is 1. The minimum absolute atomic E-state index is 0.128. The summed E-state index contributed by atoms with van der Waals surface area (Å²) in [5.74, 6) is 0.591. The average molecular weight is 360 g/mol. The molecule has 6 nitrogen and oxygen atoms in total. The first kappa shape index (κ1) is 16.5. The van der Waals surface area contributed by atoms with Crippen molar-refractivity contribution in [3.05, 3.63) is 52.0 Å². The predicted octanol–water partition coefficient (Wildman–Crippen LogP) is 3.67. The zero-order chi connectivity index (χ0) is 16.8. The van der Waals surface area contributed by atoms with Crippen LogP contribution in [0.2, 0.25) is 0 Å². The van der Waals surface area contributed by atoms with Crippen molar-refractivity contribution >= 4 is 28.8 Å². The normalized spacial score (nSPS) is 10.5. The Kier molecular flexibility index (Phi) is 5.50. The van der Waals surface area contributed by atoms with Crippen LogP contribution in [0, 0.1) is 0 Å². The number of carbonyl (C=O) groups excluding carboxylic acids is 1. The van der Waals surface area contributed by atoms with Crippen LogP contribution in [0.5, 0.6) is 10.9 Å². The van der Waals surface area contributed by atoms with Gasteiger partial charge >= 0.3 is 0 Å². The van der Waals surface area contributed by atoms with Crippen molar-refractivity contribution in [3.8, 4) is 10.9 Å². The van der Waals surface area contributed by atoms with Crippen molar-refractivity contribution in [2.45, 2.75) is 26.3 Å². The third kappa shape index (κ3) is 4.15. The van der Waals surface area contributed by atoms with E-state index in [1.807, 2.05) is 29.6 Å². The molecule has 3 aromatic rings. The average Bonchev–Trinajstić information content (AvgIpc) is 3.26. The molecule has 8 heteroatoms. The molecule has 0 bridgehead atoms. The smallest absolute Gasteiger partial charge is 0.278 e. The van der Waals surface area contributed by atoms with Crippen LogP contribution in [0.1, 0.15) is 34.3 Å². The number of nitrogens with one attached hydrogen (secondary N) is 1. The van der Waals surface area contributed by atoms with Gasteiger partial charge in [-0.25, -0.2) is 4.98 Å². The maximum Gasteiger partial charge on any atom is 0.278 e. The second-order valence-corrected chi connectivity index (χ2v) is 6.64. The van der Waals surface area contributed by atoms with E-state index in [1.54, 1.807) is 6.20 Å². The SMILES string of the molecule is CCCc1nnsc1C(=O)NCc1ccc(Oc2nccs2)cc1. The van der Waals surface area contributed by atoms with E-state index in [0.29, 0.717) is 16.6 Å². The second kappa shape index (κ2) is 7.98. The molecule has 124 valence electrons. The number of thiazole rings is 1. The quantitative estimate of drug-likeness (QED) is 0.696. The molecule has 0 saturated heterocycles. The first-order valence-electron chi connectivity index (χ1n) is 7.52. The summed E-state index contributed by atoms with van der Waals surface area (Å²) in [5, 5.41) is 9.39. The van der Waals surface area contributed by atoms with Crippen LogP contribution in [-0.4, -0.2) is 20.5 Å². The van der Waals surface area contributed by atoms with Gasteiger partial charge in [-0.1, -0.05) is 41.3 Å². The zero-order valence-electron chi connectivity index (χ0n) is 13.1. The molecule has 0 aliphatic carbocycles. The number of benzene rings is 1. The third-order valence-electron chi connectivity index (χ3n) is 3.24. The van der Waals surface area contributed by atoms with Gasteiger partial charge in [-0.2, -0.15) is 0 Å². The highest BCUT2D eigenvalue weighted by Gasteiger charge is 2.15. The number of amides is 1. The number of aryl methyl sites for hydroxylation is 1. The molecule has 0 fully saturated rings. The summed E-state index contributed by atoms with van der Waals surface area (Å²) in [6, 6.07) is 7.56. The fourth-order valence-corrected chi connectivity index (χ4v) is 3.21. The van der Waals surface area contributed by atoms with Gasteiger partial charge in [-0.3, -0.25) is 4.79 Å². The Labute approximate surface area is 147 Å². The lowest BCUT2D eigenvalue weighted by atomic mass is 10.2. The molecule has 0 saturated carbocycles. The van der Waals surface area contributed by atoms with Crippen molar-refractivity contribution in [1.82, 2.24) is 19.9 Å². The lowest BCUT2D eigenvalue weighted by molar-refractivity contribution is 0.0954. The standard InChI is InChI=1S/C16H16N4O2S2/c1-2-3-13-14(24-20-19-13)15(21)18-10-11-4-6-12(7-5-11)22-16-17-8-9-23-16/h4-9H,2-3,10H2,1H3,(H,18,21). The summed E-state index contributed by atoms with van der Waals surface area (Å²) in [4.78, 5) is 16.9. The molecular weight excluding hydrogens is 344 g/mol. The van der Waals surface area contributed by atoms with E-state index in [1.165, 1.54) is 11.3 Å². The van der Waals surface area contributed by atoms with E-state index in [-0.39, 0.29) is 5.91 Å². The predicted molar refractivity (Wildman–Crippen MR) is 93.7 cm³/mol. The minimum Gasteiger partial charge on any atom is -0.431 e. The molecule has 1 aromatic carbocycles. The Morgan fingerprint density at radius 1 is 1.29 bits per heavy atom. The molecule has 2 aromatic heterocycles. The molecule has 0 unspecified atom stereocenters. The molecule has 24 heavy (non-hydrogen) atoms. The van der Waals surface area contributed by atoms with Crippen LogP contribution in [0.25, 0.3) is 0 Å². The van der Waals surface area contributed by atoms with E-state index < -0.39 is 0 Å². The number of nitrogens with zero attached hydrogens (tertiary/aromatic N) is 3. The maximum absolute atomic E-state index is 12.2. The first-order chi connectivity index (χ1) is 11.8. The van der Waals surface area contributed by atoms with E-state index in [9.17, 15) is 4.79 Å². The molecule has 1 amide bonds. The summed E-state index contributed by atoms with van der Waals surface area (Å²) in [5.41, 5.74) is 1.76. The Bertz CT molecular complexity index is 785. The van der Waals surface area contributed by atoms with Gasteiger partial charge in [-0.05, 0) is 35.6 Å². The molecule has 0 spiro atoms. The number of ether oxygens (including phenoxy) is 1. The van der Waals surface area contributed by atoms with Gasteiger partial charge in [-0.15, -0.1) is 5.10 Å². The lowest BCUT2D eigenvalue weighted by Crippen LogP contribution is -2.23.